The van der Waals surface area contributed by atoms with E-state index in [4.69, 9.17) is 4.74 Å². The largest absolute Gasteiger partial charge is 0.466 e. The van der Waals surface area contributed by atoms with Gasteiger partial charge in [0.05, 0.1) is 25.4 Å². The van der Waals surface area contributed by atoms with Crippen LogP contribution in [0.4, 0.5) is 0 Å². The molecule has 382 valence electrons. The normalized spacial score (nSPS) is 12.5. The van der Waals surface area contributed by atoms with Crippen LogP contribution in [0.15, 0.2) is 0 Å². The van der Waals surface area contributed by atoms with Gasteiger partial charge in [0.15, 0.2) is 0 Å². The van der Waals surface area contributed by atoms with Gasteiger partial charge in [-0.15, -0.1) is 0 Å². The first-order chi connectivity index (χ1) is 31.5. The summed E-state index contributed by atoms with van der Waals surface area (Å²) in [6, 6.07) is -0.542. The highest BCUT2D eigenvalue weighted by Crippen LogP contribution is 2.18. The van der Waals surface area contributed by atoms with Crippen molar-refractivity contribution in [3.63, 3.8) is 0 Å². The Hall–Kier alpha value is -1.14. The van der Waals surface area contributed by atoms with Crippen LogP contribution in [-0.2, 0) is 14.3 Å². The van der Waals surface area contributed by atoms with Gasteiger partial charge >= 0.3 is 5.97 Å². The predicted octanol–water partition coefficient (Wildman–Crippen LogP) is 17.9. The molecule has 0 aromatic carbocycles. The van der Waals surface area contributed by atoms with E-state index in [9.17, 15) is 19.8 Å². The zero-order valence-corrected chi connectivity index (χ0v) is 43.5. The Labute approximate surface area is 400 Å². The SMILES string of the molecule is CCCCCCCCCCCCCCCCCCCC(O)C(CO)NC(=O)CCCCCCCCCCCCCCCCCCCCCOC(=O)CCCCCCCCCCCCC. The molecule has 0 aromatic rings. The van der Waals surface area contributed by atoms with Crippen molar-refractivity contribution in [3.8, 4) is 0 Å². The van der Waals surface area contributed by atoms with Gasteiger partial charge < -0.3 is 20.3 Å². The fraction of sp³-hybridized carbons (Fsp3) is 0.966. The van der Waals surface area contributed by atoms with Gasteiger partial charge in [-0.05, 0) is 25.7 Å². The lowest BCUT2D eigenvalue weighted by Gasteiger charge is -2.22. The van der Waals surface area contributed by atoms with Crippen molar-refractivity contribution in [3.05, 3.63) is 0 Å². The third-order valence-corrected chi connectivity index (χ3v) is 13.9. The molecule has 0 spiro atoms. The Morgan fingerprint density at radius 1 is 0.375 bits per heavy atom. The first-order valence-electron chi connectivity index (χ1n) is 29.3. The fourth-order valence-electron chi connectivity index (χ4n) is 9.41. The number of rotatable bonds is 55. The van der Waals surface area contributed by atoms with Gasteiger partial charge in [-0.25, -0.2) is 0 Å². The first-order valence-corrected chi connectivity index (χ1v) is 29.3. The van der Waals surface area contributed by atoms with Gasteiger partial charge in [0.1, 0.15) is 0 Å². The average Bonchev–Trinajstić information content (AvgIpc) is 3.29. The minimum Gasteiger partial charge on any atom is -0.466 e. The van der Waals surface area contributed by atoms with Gasteiger partial charge in [0, 0.05) is 12.8 Å². The van der Waals surface area contributed by atoms with Crippen molar-refractivity contribution in [1.29, 1.82) is 0 Å². The molecule has 0 aromatic heterocycles. The molecule has 0 aliphatic rings. The highest BCUT2D eigenvalue weighted by molar-refractivity contribution is 5.76. The molecule has 0 rings (SSSR count). The van der Waals surface area contributed by atoms with Crippen molar-refractivity contribution < 1.29 is 24.5 Å². The lowest BCUT2D eigenvalue weighted by atomic mass is 10.0. The fourth-order valence-corrected chi connectivity index (χ4v) is 9.41. The van der Waals surface area contributed by atoms with E-state index in [0.29, 0.717) is 25.9 Å². The third kappa shape index (κ3) is 50.3. The molecule has 0 saturated heterocycles. The van der Waals surface area contributed by atoms with Gasteiger partial charge in [-0.3, -0.25) is 9.59 Å². The number of aliphatic hydroxyl groups is 2. The smallest absolute Gasteiger partial charge is 0.305 e. The number of amides is 1. The van der Waals surface area contributed by atoms with Gasteiger partial charge in [-0.1, -0.05) is 296 Å². The highest BCUT2D eigenvalue weighted by atomic mass is 16.5. The standard InChI is InChI=1S/C58H115NO5/c1-3-5-7-9-11-13-15-16-17-21-24-27-31-34-38-42-46-50-56(61)55(54-60)59-57(62)51-47-43-39-35-32-28-25-22-19-18-20-23-26-29-33-37-41-45-49-53-64-58(63)52-48-44-40-36-30-14-12-10-8-6-4-2/h55-56,60-61H,3-54H2,1-2H3,(H,59,62). The number of nitrogens with one attached hydrogen (secondary N) is 1. The van der Waals surface area contributed by atoms with Crippen LogP contribution in [0.1, 0.15) is 335 Å². The topological polar surface area (TPSA) is 95.9 Å². The van der Waals surface area contributed by atoms with E-state index >= 15 is 0 Å². The number of carbonyl (C=O) groups excluding carboxylic acids is 2. The maximum atomic E-state index is 12.5. The van der Waals surface area contributed by atoms with E-state index in [-0.39, 0.29) is 18.5 Å². The summed E-state index contributed by atoms with van der Waals surface area (Å²) in [7, 11) is 0. The van der Waals surface area contributed by atoms with Crippen LogP contribution in [0.25, 0.3) is 0 Å². The third-order valence-electron chi connectivity index (χ3n) is 13.9. The lowest BCUT2D eigenvalue weighted by molar-refractivity contribution is -0.143. The molecule has 0 heterocycles. The minimum atomic E-state index is -0.665. The van der Waals surface area contributed by atoms with Crippen LogP contribution in [0.2, 0.25) is 0 Å². The van der Waals surface area contributed by atoms with E-state index in [1.165, 1.54) is 263 Å². The molecule has 0 bridgehead atoms. The van der Waals surface area contributed by atoms with E-state index in [2.05, 4.69) is 19.2 Å². The summed E-state index contributed by atoms with van der Waals surface area (Å²) in [5.74, 6) is -0.0248. The summed E-state index contributed by atoms with van der Waals surface area (Å²) in [6.45, 7) is 4.97. The molecule has 1 amide bonds. The van der Waals surface area contributed by atoms with Crippen molar-refractivity contribution in [2.45, 2.75) is 347 Å². The zero-order valence-electron chi connectivity index (χ0n) is 43.5. The number of esters is 1. The van der Waals surface area contributed by atoms with E-state index < -0.39 is 12.1 Å². The second-order valence-electron chi connectivity index (χ2n) is 20.3. The number of aliphatic hydroxyl groups excluding tert-OH is 2. The van der Waals surface area contributed by atoms with Gasteiger partial charge in [0.2, 0.25) is 5.91 Å². The van der Waals surface area contributed by atoms with E-state index in [1.807, 2.05) is 0 Å². The quantitative estimate of drug-likeness (QED) is 0.0417. The van der Waals surface area contributed by atoms with Crippen LogP contribution < -0.4 is 5.32 Å². The summed E-state index contributed by atoms with van der Waals surface area (Å²) in [5.41, 5.74) is 0. The Bertz CT molecular complexity index is 913. The second-order valence-corrected chi connectivity index (χ2v) is 20.3. The van der Waals surface area contributed by atoms with Crippen molar-refractivity contribution in [1.82, 2.24) is 5.32 Å². The van der Waals surface area contributed by atoms with E-state index in [1.54, 1.807) is 0 Å². The average molecular weight is 907 g/mol. The van der Waals surface area contributed by atoms with Gasteiger partial charge in [-0.2, -0.15) is 0 Å². The molecule has 0 aliphatic heterocycles. The molecular weight excluding hydrogens is 791 g/mol. The second kappa shape index (κ2) is 54.5. The molecular formula is C58H115NO5. The number of ether oxygens (including phenoxy) is 1. The lowest BCUT2D eigenvalue weighted by Crippen LogP contribution is -2.45. The predicted molar refractivity (Wildman–Crippen MR) is 278 cm³/mol. The number of unbranched alkanes of at least 4 members (excludes halogenated alkanes) is 44. The molecule has 0 fully saturated rings. The van der Waals surface area contributed by atoms with Crippen LogP contribution >= 0.6 is 0 Å². The molecule has 2 unspecified atom stereocenters. The Balaban J connectivity index is 3.39. The zero-order chi connectivity index (χ0) is 46.5. The maximum absolute atomic E-state index is 12.5. The van der Waals surface area contributed by atoms with E-state index in [0.717, 1.165) is 38.5 Å². The first kappa shape index (κ1) is 62.9. The number of carbonyl (C=O) groups is 2. The van der Waals surface area contributed by atoms with Gasteiger partial charge in [0.25, 0.3) is 0 Å². The minimum absolute atomic E-state index is 0.00968. The van der Waals surface area contributed by atoms with Crippen LogP contribution in [0.3, 0.4) is 0 Å². The van der Waals surface area contributed by atoms with Crippen molar-refractivity contribution >= 4 is 11.9 Å². The number of hydrogen-bond acceptors (Lipinski definition) is 5. The molecule has 6 heteroatoms. The van der Waals surface area contributed by atoms with Crippen molar-refractivity contribution in [2.75, 3.05) is 13.2 Å². The summed E-state index contributed by atoms with van der Waals surface area (Å²) in [4.78, 5) is 24.5. The summed E-state index contributed by atoms with van der Waals surface area (Å²) >= 11 is 0. The Kier molecular flexibility index (Phi) is 53.5. The summed E-state index contributed by atoms with van der Waals surface area (Å²) in [6.07, 6.45) is 62.4. The maximum Gasteiger partial charge on any atom is 0.305 e. The molecule has 0 saturated carbocycles. The highest BCUT2D eigenvalue weighted by Gasteiger charge is 2.20. The molecule has 0 radical (unpaired) electrons. The number of hydrogen-bond donors (Lipinski definition) is 3. The Morgan fingerprint density at radius 3 is 0.953 bits per heavy atom. The molecule has 0 aliphatic carbocycles. The molecule has 6 nitrogen and oxygen atoms in total. The van der Waals surface area contributed by atoms with Crippen molar-refractivity contribution in [2.24, 2.45) is 0 Å². The molecule has 2 atom stereocenters. The molecule has 3 N–H and O–H groups in total. The Morgan fingerprint density at radius 2 is 0.641 bits per heavy atom. The van der Waals surface area contributed by atoms with Crippen LogP contribution in [0.5, 0.6) is 0 Å². The van der Waals surface area contributed by atoms with Crippen LogP contribution in [0, 0.1) is 0 Å². The monoisotopic (exact) mass is 906 g/mol. The summed E-state index contributed by atoms with van der Waals surface area (Å²) < 4.78 is 5.46. The molecule has 64 heavy (non-hydrogen) atoms. The van der Waals surface area contributed by atoms with Crippen LogP contribution in [-0.4, -0.2) is 47.4 Å². The summed E-state index contributed by atoms with van der Waals surface area (Å²) in [5, 5.41) is 23.3.